The molecule has 0 aromatic rings. The fourth-order valence-electron chi connectivity index (χ4n) is 3.16. The molecule has 0 atom stereocenters. The topological polar surface area (TPSA) is 55.4 Å². The Morgan fingerprint density at radius 1 is 0.630 bits per heavy atom. The van der Waals surface area contributed by atoms with Gasteiger partial charge in [0.2, 0.25) is 0 Å². The zero-order valence-electron chi connectivity index (χ0n) is 16.4. The van der Waals surface area contributed by atoms with Gasteiger partial charge >= 0.3 is 164 Å². The quantitative estimate of drug-likeness (QED) is 0.235. The predicted molar refractivity (Wildman–Crippen MR) is 95.1 cm³/mol. The van der Waals surface area contributed by atoms with Gasteiger partial charge in [0.05, 0.1) is 0 Å². The first kappa shape index (κ1) is 27.6. The molecule has 0 aromatic heterocycles. The van der Waals surface area contributed by atoms with Crippen molar-refractivity contribution >= 4 is 17.6 Å². The first-order valence-corrected chi connectivity index (χ1v) is 15.0. The molecule has 27 heavy (non-hydrogen) atoms. The number of halogens is 2. The van der Waals surface area contributed by atoms with E-state index in [1.165, 1.54) is 6.66 Å². The summed E-state index contributed by atoms with van der Waals surface area (Å²) < 4.78 is 37.0. The van der Waals surface area contributed by atoms with E-state index in [1.54, 1.807) is 42.7 Å². The molecular weight excluding hydrogens is 594 g/mol. The summed E-state index contributed by atoms with van der Waals surface area (Å²) in [4.78, 5) is 0. The standard InChI is InChI=1S/2C8H13O3Si.2ClH.Hf/c2*1-9-12(10-2,11-3)8-6-4-5-7-8;;;/h2*4,6H,5H2,1-3H3;2*1H;/q;;;;+2/p-2. The van der Waals surface area contributed by atoms with Gasteiger partial charge < -0.3 is 24.8 Å². The van der Waals surface area contributed by atoms with Crippen LogP contribution in [0.5, 0.6) is 0 Å². The van der Waals surface area contributed by atoms with Crippen LogP contribution in [0.3, 0.4) is 0 Å². The third-order valence-electron chi connectivity index (χ3n) is 4.44. The summed E-state index contributed by atoms with van der Waals surface area (Å²) in [5, 5.41) is 2.25. The molecule has 2 aliphatic carbocycles. The second kappa shape index (κ2) is 12.3. The summed E-state index contributed by atoms with van der Waals surface area (Å²) in [5.74, 6) is 0. The monoisotopic (exact) mass is 620 g/mol. The van der Waals surface area contributed by atoms with Crippen molar-refractivity contribution in [3.63, 3.8) is 0 Å². The molecule has 0 N–H and O–H groups in total. The molecular formula is C16H26Cl2HfO6Si2. The molecule has 0 heterocycles. The average molecular weight is 620 g/mol. The number of allylic oxidation sites excluding steroid dienone is 8. The van der Waals surface area contributed by atoms with Gasteiger partial charge in [0.25, 0.3) is 0 Å². The van der Waals surface area contributed by atoms with Crippen molar-refractivity contribution in [2.75, 3.05) is 42.7 Å². The first-order chi connectivity index (χ1) is 12.1. The van der Waals surface area contributed by atoms with Crippen molar-refractivity contribution in [2.45, 2.75) is 12.8 Å². The first-order valence-electron chi connectivity index (χ1n) is 7.94. The van der Waals surface area contributed by atoms with E-state index in [9.17, 15) is 0 Å². The van der Waals surface area contributed by atoms with Gasteiger partial charge in [-0.1, -0.05) is 0 Å². The number of hydrogen-bond donors (Lipinski definition) is 0. The fourth-order valence-corrected chi connectivity index (χ4v) is 15.8. The van der Waals surface area contributed by atoms with Crippen molar-refractivity contribution in [1.82, 2.24) is 0 Å². The normalized spacial score (nSPS) is 16.5. The number of rotatable bonds is 10. The summed E-state index contributed by atoms with van der Waals surface area (Å²) in [5.41, 5.74) is 0. The molecule has 6 nitrogen and oxygen atoms in total. The Kier molecular flexibility index (Phi) is 12.6. The summed E-state index contributed by atoms with van der Waals surface area (Å²) in [6, 6.07) is 0. The Morgan fingerprint density at radius 3 is 1.19 bits per heavy atom. The van der Waals surface area contributed by atoms with Crippen LogP contribution in [0.15, 0.2) is 41.4 Å². The van der Waals surface area contributed by atoms with Crippen LogP contribution in [0, 0.1) is 0 Å². The Labute approximate surface area is 187 Å². The van der Waals surface area contributed by atoms with E-state index in [0.717, 1.165) is 23.2 Å². The molecule has 0 saturated carbocycles. The van der Waals surface area contributed by atoms with E-state index in [-0.39, 0.29) is 24.8 Å². The predicted octanol–water partition coefficient (Wildman–Crippen LogP) is -3.66. The maximum Gasteiger partial charge on any atom is -1.00 e. The van der Waals surface area contributed by atoms with Crippen LogP contribution < -0.4 is 24.8 Å². The molecule has 11 heteroatoms. The molecule has 0 amide bonds. The van der Waals surface area contributed by atoms with Gasteiger partial charge in [-0.2, -0.15) is 0 Å². The Hall–Kier alpha value is 0.604. The van der Waals surface area contributed by atoms with Crippen LogP contribution in [0.1, 0.15) is 12.8 Å². The fraction of sp³-hybridized carbons (Fsp3) is 0.500. The zero-order valence-corrected chi connectivity index (χ0v) is 23.5. The van der Waals surface area contributed by atoms with Gasteiger partial charge in [0, 0.05) is 0 Å². The van der Waals surface area contributed by atoms with Gasteiger partial charge in [-0.05, 0) is 0 Å². The molecule has 0 unspecified atom stereocenters. The molecule has 2 rings (SSSR count). The van der Waals surface area contributed by atoms with Gasteiger partial charge in [0.1, 0.15) is 0 Å². The van der Waals surface area contributed by atoms with Crippen LogP contribution in [-0.2, 0) is 49.5 Å². The summed E-state index contributed by atoms with van der Waals surface area (Å²) in [6.07, 6.45) is 10.5. The van der Waals surface area contributed by atoms with Gasteiger partial charge in [-0.25, -0.2) is 0 Å². The van der Waals surface area contributed by atoms with Crippen LogP contribution in [0.25, 0.3) is 0 Å². The van der Waals surface area contributed by atoms with E-state index in [4.69, 9.17) is 26.6 Å². The van der Waals surface area contributed by atoms with Crippen molar-refractivity contribution in [1.29, 1.82) is 0 Å². The smallest absolute Gasteiger partial charge is 1.00 e. The van der Waals surface area contributed by atoms with Crippen LogP contribution in [0.2, 0.25) is 0 Å². The summed E-state index contributed by atoms with van der Waals surface area (Å²) in [6.45, 7) is 0. The maximum absolute atomic E-state index is 5.69. The Balaban J connectivity index is 0.00000338. The number of hydrogen-bond acceptors (Lipinski definition) is 6. The largest absolute Gasteiger partial charge is 1.00 e. The third kappa shape index (κ3) is 5.40. The molecule has 152 valence electrons. The van der Waals surface area contributed by atoms with Crippen molar-refractivity contribution < 1.29 is 74.3 Å². The van der Waals surface area contributed by atoms with Gasteiger partial charge in [-0.15, -0.1) is 0 Å². The van der Waals surface area contributed by atoms with E-state index in [1.807, 2.05) is 0 Å². The summed E-state index contributed by atoms with van der Waals surface area (Å²) in [7, 11) is 4.35. The third-order valence-corrected chi connectivity index (χ3v) is 17.3. The zero-order chi connectivity index (χ0) is 18.5. The van der Waals surface area contributed by atoms with Gasteiger partial charge in [-0.3, -0.25) is 0 Å². The minimum absolute atomic E-state index is 0. The minimum Gasteiger partial charge on any atom is -1.00 e. The van der Waals surface area contributed by atoms with E-state index in [0.29, 0.717) is 0 Å². The second-order valence-corrected chi connectivity index (χ2v) is 16.4. The Bertz CT molecular complexity index is 548. The molecule has 0 radical (unpaired) electrons. The van der Waals surface area contributed by atoms with Crippen LogP contribution in [0.4, 0.5) is 0 Å². The van der Waals surface area contributed by atoms with Crippen molar-refractivity contribution in [3.8, 4) is 0 Å². The van der Waals surface area contributed by atoms with E-state index in [2.05, 4.69) is 24.3 Å². The second-order valence-electron chi connectivity index (χ2n) is 5.46. The molecule has 0 bridgehead atoms. The molecule has 0 spiro atoms. The van der Waals surface area contributed by atoms with E-state index >= 15 is 0 Å². The SMILES string of the molecule is CO[Si](OC)(OC)C1=[C]([Hf+2][C]2=C([Si](OC)(OC)OC)C=CC2)CC=C1.[Cl-].[Cl-]. The molecule has 0 saturated heterocycles. The molecule has 2 aliphatic rings. The average Bonchev–Trinajstić information content (AvgIpc) is 3.31. The van der Waals surface area contributed by atoms with Crippen molar-refractivity contribution in [2.24, 2.45) is 0 Å². The molecule has 0 aromatic carbocycles. The minimum atomic E-state index is -2.80. The Morgan fingerprint density at radius 2 is 0.926 bits per heavy atom. The van der Waals surface area contributed by atoms with Crippen LogP contribution in [-0.4, -0.2) is 60.3 Å². The van der Waals surface area contributed by atoms with Crippen molar-refractivity contribution in [3.05, 3.63) is 41.4 Å². The summed E-state index contributed by atoms with van der Waals surface area (Å²) >= 11 is -1.33. The van der Waals surface area contributed by atoms with Gasteiger partial charge in [0.15, 0.2) is 0 Å². The van der Waals surface area contributed by atoms with Crippen LogP contribution >= 0.6 is 0 Å². The molecule has 0 fully saturated rings. The van der Waals surface area contributed by atoms with E-state index < -0.39 is 40.5 Å². The maximum atomic E-state index is 5.69. The molecule has 0 aliphatic heterocycles.